The molecule has 0 unspecified atom stereocenters. The van der Waals surface area contributed by atoms with Crippen molar-refractivity contribution in [1.29, 1.82) is 0 Å². The fourth-order valence-corrected chi connectivity index (χ4v) is 2.40. The first-order valence-electron chi connectivity index (χ1n) is 8.71. The molecule has 0 aromatic carbocycles. The fraction of sp³-hybridized carbons (Fsp3) is 0.611. The second-order valence-corrected chi connectivity index (χ2v) is 7.19. The highest BCUT2D eigenvalue weighted by atomic mass is 127. The van der Waals surface area contributed by atoms with Crippen molar-refractivity contribution < 1.29 is 9.53 Å². The molecule has 26 heavy (non-hydrogen) atoms. The number of nitrogens with one attached hydrogen (secondary N) is 2. The zero-order valence-corrected chi connectivity index (χ0v) is 18.5. The van der Waals surface area contributed by atoms with E-state index in [9.17, 15) is 4.79 Å². The Hall–Kier alpha value is -1.58. The van der Waals surface area contributed by atoms with Crippen molar-refractivity contribution in [1.82, 2.24) is 20.5 Å². The number of hydrogen-bond donors (Lipinski definition) is 2. The maximum absolute atomic E-state index is 12.0. The standard InChI is InChI=1S/C18H29N5O2.HI/c1-6-19-16(21-10-15-13(2)8-7-9-20-15)22-14-11-23(12-14)17(24)25-18(3,4)5;/h7-9,14H,6,10-12H2,1-5H3,(H2,19,21,22);1H. The third kappa shape index (κ3) is 6.97. The second kappa shape index (κ2) is 9.94. The molecule has 0 atom stereocenters. The van der Waals surface area contributed by atoms with E-state index < -0.39 is 5.60 Å². The number of likely N-dealkylation sites (tertiary alicyclic amines) is 1. The van der Waals surface area contributed by atoms with Gasteiger partial charge in [0.05, 0.1) is 18.3 Å². The van der Waals surface area contributed by atoms with E-state index in [4.69, 9.17) is 4.74 Å². The number of carbonyl (C=O) groups is 1. The Morgan fingerprint density at radius 2 is 2.12 bits per heavy atom. The molecule has 1 aliphatic heterocycles. The van der Waals surface area contributed by atoms with E-state index in [1.165, 1.54) is 0 Å². The van der Waals surface area contributed by atoms with Crippen LogP contribution in [-0.4, -0.2) is 53.2 Å². The van der Waals surface area contributed by atoms with Crippen LogP contribution in [0.3, 0.4) is 0 Å². The molecule has 2 heterocycles. The average molecular weight is 475 g/mol. The summed E-state index contributed by atoms with van der Waals surface area (Å²) in [4.78, 5) is 22.6. The number of amides is 1. The van der Waals surface area contributed by atoms with Gasteiger partial charge in [0.25, 0.3) is 0 Å². The lowest BCUT2D eigenvalue weighted by molar-refractivity contribution is 0.00701. The van der Waals surface area contributed by atoms with Gasteiger partial charge in [-0.2, -0.15) is 0 Å². The van der Waals surface area contributed by atoms with Gasteiger partial charge in [-0.15, -0.1) is 24.0 Å². The topological polar surface area (TPSA) is 78.9 Å². The molecule has 0 spiro atoms. The van der Waals surface area contributed by atoms with Crippen molar-refractivity contribution in [2.24, 2.45) is 4.99 Å². The average Bonchev–Trinajstić information content (AvgIpc) is 2.47. The molecular formula is C18H30IN5O2. The van der Waals surface area contributed by atoms with Crippen LogP contribution in [0, 0.1) is 6.92 Å². The summed E-state index contributed by atoms with van der Waals surface area (Å²) in [7, 11) is 0. The third-order valence-electron chi connectivity index (χ3n) is 3.72. The molecule has 7 nitrogen and oxygen atoms in total. The third-order valence-corrected chi connectivity index (χ3v) is 3.72. The number of aliphatic imine (C=N–C) groups is 1. The zero-order chi connectivity index (χ0) is 18.4. The molecule has 2 rings (SSSR count). The van der Waals surface area contributed by atoms with Gasteiger partial charge in [0.1, 0.15) is 5.60 Å². The van der Waals surface area contributed by atoms with Gasteiger partial charge in [0, 0.05) is 25.8 Å². The van der Waals surface area contributed by atoms with Crippen LogP contribution in [0.25, 0.3) is 0 Å². The fourth-order valence-electron chi connectivity index (χ4n) is 2.40. The minimum absolute atomic E-state index is 0. The summed E-state index contributed by atoms with van der Waals surface area (Å²) in [5, 5.41) is 6.58. The maximum atomic E-state index is 12.0. The molecule has 1 aromatic rings. The Bertz CT molecular complexity index is 624. The summed E-state index contributed by atoms with van der Waals surface area (Å²) in [5.74, 6) is 0.737. The number of halogens is 1. The summed E-state index contributed by atoms with van der Waals surface area (Å²) in [6.45, 7) is 12.2. The van der Waals surface area contributed by atoms with Crippen LogP contribution in [0.4, 0.5) is 4.79 Å². The lowest BCUT2D eigenvalue weighted by atomic mass is 10.1. The highest BCUT2D eigenvalue weighted by Crippen LogP contribution is 2.15. The van der Waals surface area contributed by atoms with E-state index in [2.05, 4.69) is 20.6 Å². The summed E-state index contributed by atoms with van der Waals surface area (Å²) in [5.41, 5.74) is 1.62. The van der Waals surface area contributed by atoms with Crippen molar-refractivity contribution in [2.45, 2.75) is 52.8 Å². The van der Waals surface area contributed by atoms with Gasteiger partial charge < -0.3 is 20.3 Å². The Kier molecular flexibility index (Phi) is 8.58. The molecule has 146 valence electrons. The number of pyridine rings is 1. The Morgan fingerprint density at radius 1 is 1.42 bits per heavy atom. The number of aromatic nitrogens is 1. The van der Waals surface area contributed by atoms with Crippen LogP contribution in [0.15, 0.2) is 23.3 Å². The Balaban J connectivity index is 0.00000338. The zero-order valence-electron chi connectivity index (χ0n) is 16.2. The van der Waals surface area contributed by atoms with Crippen molar-refractivity contribution in [3.8, 4) is 0 Å². The summed E-state index contributed by atoms with van der Waals surface area (Å²) >= 11 is 0. The highest BCUT2D eigenvalue weighted by molar-refractivity contribution is 14.0. The molecule has 8 heteroatoms. The summed E-state index contributed by atoms with van der Waals surface area (Å²) in [6, 6.07) is 4.13. The first kappa shape index (κ1) is 22.5. The summed E-state index contributed by atoms with van der Waals surface area (Å²) < 4.78 is 5.37. The molecular weight excluding hydrogens is 445 g/mol. The minimum Gasteiger partial charge on any atom is -0.444 e. The number of hydrogen-bond acceptors (Lipinski definition) is 4. The van der Waals surface area contributed by atoms with Gasteiger partial charge in [-0.25, -0.2) is 9.79 Å². The number of aryl methyl sites for hydroxylation is 1. The van der Waals surface area contributed by atoms with E-state index in [0.29, 0.717) is 19.6 Å². The Labute approximate surface area is 173 Å². The van der Waals surface area contributed by atoms with Crippen LogP contribution in [0.1, 0.15) is 39.0 Å². The predicted octanol–water partition coefficient (Wildman–Crippen LogP) is 2.68. The lowest BCUT2D eigenvalue weighted by Crippen LogP contribution is -2.63. The first-order chi connectivity index (χ1) is 11.8. The monoisotopic (exact) mass is 475 g/mol. The second-order valence-electron chi connectivity index (χ2n) is 7.19. The first-order valence-corrected chi connectivity index (χ1v) is 8.71. The number of rotatable bonds is 4. The molecule has 1 aromatic heterocycles. The van der Waals surface area contributed by atoms with Crippen LogP contribution in [0.5, 0.6) is 0 Å². The molecule has 1 amide bonds. The largest absolute Gasteiger partial charge is 0.444 e. The number of ether oxygens (including phenoxy) is 1. The summed E-state index contributed by atoms with van der Waals surface area (Å²) in [6.07, 6.45) is 1.51. The maximum Gasteiger partial charge on any atom is 0.410 e. The highest BCUT2D eigenvalue weighted by Gasteiger charge is 2.34. The lowest BCUT2D eigenvalue weighted by Gasteiger charge is -2.40. The molecule has 2 N–H and O–H groups in total. The number of nitrogens with zero attached hydrogens (tertiary/aromatic N) is 3. The number of guanidine groups is 1. The Morgan fingerprint density at radius 3 is 2.69 bits per heavy atom. The van der Waals surface area contributed by atoms with Crippen LogP contribution < -0.4 is 10.6 Å². The van der Waals surface area contributed by atoms with Crippen LogP contribution in [-0.2, 0) is 11.3 Å². The molecule has 0 bridgehead atoms. The number of carbonyl (C=O) groups excluding carboxylic acids is 1. The van der Waals surface area contributed by atoms with Gasteiger partial charge in [0.15, 0.2) is 5.96 Å². The van der Waals surface area contributed by atoms with E-state index >= 15 is 0 Å². The molecule has 1 fully saturated rings. The van der Waals surface area contributed by atoms with Crippen molar-refractivity contribution in [2.75, 3.05) is 19.6 Å². The van der Waals surface area contributed by atoms with E-state index in [1.807, 2.05) is 46.8 Å². The van der Waals surface area contributed by atoms with Crippen molar-refractivity contribution in [3.05, 3.63) is 29.6 Å². The van der Waals surface area contributed by atoms with E-state index in [-0.39, 0.29) is 36.1 Å². The normalized spacial score (nSPS) is 15.0. The van der Waals surface area contributed by atoms with Crippen LogP contribution in [0.2, 0.25) is 0 Å². The molecule has 1 saturated heterocycles. The SMILES string of the molecule is CCNC(=NCc1ncccc1C)NC1CN(C(=O)OC(C)(C)C)C1.I. The van der Waals surface area contributed by atoms with Gasteiger partial charge in [-0.05, 0) is 46.2 Å². The minimum atomic E-state index is -0.466. The molecule has 0 aliphatic carbocycles. The van der Waals surface area contributed by atoms with Gasteiger partial charge in [-0.3, -0.25) is 4.98 Å². The van der Waals surface area contributed by atoms with Crippen molar-refractivity contribution >= 4 is 36.0 Å². The molecule has 0 radical (unpaired) electrons. The van der Waals surface area contributed by atoms with Gasteiger partial charge in [0.2, 0.25) is 0 Å². The molecule has 0 saturated carbocycles. The smallest absolute Gasteiger partial charge is 0.410 e. The van der Waals surface area contributed by atoms with Crippen LogP contribution >= 0.6 is 24.0 Å². The van der Waals surface area contributed by atoms with Gasteiger partial charge in [-0.1, -0.05) is 6.07 Å². The van der Waals surface area contributed by atoms with Gasteiger partial charge >= 0.3 is 6.09 Å². The van der Waals surface area contributed by atoms with E-state index in [0.717, 1.165) is 23.8 Å². The van der Waals surface area contributed by atoms with E-state index in [1.54, 1.807) is 11.1 Å². The molecule has 1 aliphatic rings. The van der Waals surface area contributed by atoms with Crippen molar-refractivity contribution in [3.63, 3.8) is 0 Å². The predicted molar refractivity (Wildman–Crippen MR) is 114 cm³/mol. The quantitative estimate of drug-likeness (QED) is 0.398.